The Morgan fingerprint density at radius 2 is 1.92 bits per heavy atom. The van der Waals surface area contributed by atoms with Crippen molar-refractivity contribution in [1.29, 1.82) is 0 Å². The van der Waals surface area contributed by atoms with Gasteiger partial charge in [0, 0.05) is 16.9 Å². The lowest BCUT2D eigenvalue weighted by atomic mass is 9.70. The van der Waals surface area contributed by atoms with E-state index in [9.17, 15) is 24.6 Å². The number of rotatable bonds is 10. The smallest absolute Gasteiger partial charge is 0.310 e. The van der Waals surface area contributed by atoms with E-state index in [2.05, 4.69) is 43.3 Å². The molecule has 204 valence electrons. The average Bonchev–Trinajstić information content (AvgIpc) is 3.31. The minimum absolute atomic E-state index is 0.0713. The number of carbonyl (C=O) groups is 3. The zero-order chi connectivity index (χ0) is 27.4. The fraction of sp³-hybridized carbons (Fsp3) is 0.815. The zero-order valence-corrected chi connectivity index (χ0v) is 24.2. The fourth-order valence-corrected chi connectivity index (χ4v) is 8.09. The van der Waals surface area contributed by atoms with Gasteiger partial charge in [0.15, 0.2) is 0 Å². The summed E-state index contributed by atoms with van der Waals surface area (Å²) in [5.74, 6) is -3.66. The summed E-state index contributed by atoms with van der Waals surface area (Å²) in [6.07, 6.45) is 2.53. The van der Waals surface area contributed by atoms with Crippen LogP contribution in [-0.4, -0.2) is 85.1 Å². The Labute approximate surface area is 223 Å². The van der Waals surface area contributed by atoms with Crippen LogP contribution in [0, 0.1) is 23.2 Å². The number of nitrogens with zero attached hydrogens (tertiary/aromatic N) is 2. The fourth-order valence-electron chi connectivity index (χ4n) is 7.15. The van der Waals surface area contributed by atoms with Gasteiger partial charge in [0.05, 0.1) is 30.6 Å². The number of carbonyl (C=O) groups excluding carboxylic acids is 2. The van der Waals surface area contributed by atoms with Crippen molar-refractivity contribution in [2.45, 2.75) is 102 Å². The topological polar surface area (TPSA) is 107 Å². The minimum Gasteiger partial charge on any atom is -0.481 e. The van der Waals surface area contributed by atoms with Gasteiger partial charge in [-0.3, -0.25) is 14.4 Å². The van der Waals surface area contributed by atoms with E-state index in [1.165, 1.54) is 4.90 Å². The van der Waals surface area contributed by atoms with Crippen LogP contribution in [0.2, 0.25) is 0 Å². The molecule has 3 fully saturated rings. The number of likely N-dealkylation sites (tertiary alicyclic amines) is 1. The number of aliphatic carboxylic acids is 1. The highest BCUT2D eigenvalue weighted by Crippen LogP contribution is 2.60. The Morgan fingerprint density at radius 3 is 2.39 bits per heavy atom. The Bertz CT molecular complexity index is 899. The highest BCUT2D eigenvalue weighted by atomic mass is 79.9. The number of alkyl halides is 1. The van der Waals surface area contributed by atoms with Crippen molar-refractivity contribution in [1.82, 2.24) is 9.80 Å². The van der Waals surface area contributed by atoms with Crippen molar-refractivity contribution in [2.75, 3.05) is 13.2 Å². The number of aliphatic hydroxyl groups excluding tert-OH is 1. The number of carboxylic acids is 1. The first kappa shape index (κ1) is 29.1. The van der Waals surface area contributed by atoms with E-state index in [0.717, 1.165) is 0 Å². The predicted octanol–water partition coefficient (Wildman–Crippen LogP) is 3.46. The number of fused-ring (bicyclic) bond motifs is 1. The van der Waals surface area contributed by atoms with Crippen LogP contribution >= 0.6 is 15.9 Å². The standard InChI is InChI=1S/C27H43BrN2O6/c1-9-10-29(26(7,8)14-25(4,5)6)23(33)21-27-12-17(28)20(36-27)18(24(34)35)19(27)22(32)30(21)16(13-31)11-15(2)3/h9,15-21,31H,1,10-14H2,2-8H3,(H,34,35)/t16-,17?,18-,19+,20-,21-,27+/m1/s1. The van der Waals surface area contributed by atoms with Gasteiger partial charge in [0.1, 0.15) is 11.6 Å². The zero-order valence-electron chi connectivity index (χ0n) is 22.7. The van der Waals surface area contributed by atoms with E-state index in [-0.39, 0.29) is 35.2 Å². The maximum Gasteiger partial charge on any atom is 0.310 e. The maximum absolute atomic E-state index is 14.6. The van der Waals surface area contributed by atoms with E-state index in [4.69, 9.17) is 4.74 Å². The van der Waals surface area contributed by atoms with Crippen LogP contribution in [0.4, 0.5) is 0 Å². The number of aliphatic hydroxyl groups is 1. The summed E-state index contributed by atoms with van der Waals surface area (Å²) in [6.45, 7) is 18.2. The molecule has 9 heteroatoms. The van der Waals surface area contributed by atoms with E-state index in [1.807, 2.05) is 27.7 Å². The van der Waals surface area contributed by atoms with Crippen molar-refractivity contribution in [3.63, 3.8) is 0 Å². The van der Waals surface area contributed by atoms with Gasteiger partial charge >= 0.3 is 5.97 Å². The summed E-state index contributed by atoms with van der Waals surface area (Å²) in [6, 6.07) is -1.65. The van der Waals surface area contributed by atoms with Gasteiger partial charge in [-0.05, 0) is 44.4 Å². The van der Waals surface area contributed by atoms with E-state index in [1.54, 1.807) is 11.0 Å². The molecule has 8 nitrogen and oxygen atoms in total. The Hall–Kier alpha value is -1.45. The SMILES string of the molecule is C=CCN(C(=O)[C@H]1N([C@@H](CO)CC(C)C)C(=O)[C@@H]2[C@@H](C(=O)O)[C@@H]3O[C@@]21CC3Br)C(C)(C)CC(C)(C)C. The molecule has 1 unspecified atom stereocenters. The minimum atomic E-state index is -1.27. The summed E-state index contributed by atoms with van der Waals surface area (Å²) >= 11 is 3.58. The Morgan fingerprint density at radius 1 is 1.31 bits per heavy atom. The molecular weight excluding hydrogens is 528 g/mol. The lowest BCUT2D eigenvalue weighted by Gasteiger charge is -2.46. The van der Waals surface area contributed by atoms with Crippen LogP contribution in [0.1, 0.15) is 67.7 Å². The molecule has 0 aliphatic carbocycles. The molecule has 0 aromatic carbocycles. The Kier molecular flexibility index (Phi) is 8.11. The average molecular weight is 572 g/mol. The number of halogens is 1. The molecule has 3 saturated heterocycles. The number of ether oxygens (including phenoxy) is 1. The first-order chi connectivity index (χ1) is 16.5. The van der Waals surface area contributed by atoms with Gasteiger partial charge in [-0.15, -0.1) is 6.58 Å². The molecule has 7 atom stereocenters. The highest BCUT2D eigenvalue weighted by Gasteiger charge is 2.77. The van der Waals surface area contributed by atoms with Gasteiger partial charge in [-0.1, -0.05) is 56.6 Å². The molecule has 3 heterocycles. The largest absolute Gasteiger partial charge is 0.481 e. The van der Waals surface area contributed by atoms with Crippen molar-refractivity contribution < 1.29 is 29.3 Å². The molecule has 3 rings (SSSR count). The van der Waals surface area contributed by atoms with Crippen LogP contribution in [0.25, 0.3) is 0 Å². The molecule has 36 heavy (non-hydrogen) atoms. The second kappa shape index (κ2) is 10.0. The van der Waals surface area contributed by atoms with Crippen molar-refractivity contribution >= 4 is 33.7 Å². The molecule has 0 radical (unpaired) electrons. The summed E-state index contributed by atoms with van der Waals surface area (Å²) in [5.41, 5.74) is -1.91. The van der Waals surface area contributed by atoms with Gasteiger partial charge < -0.3 is 24.7 Å². The second-order valence-corrected chi connectivity index (χ2v) is 14.2. The molecule has 3 aliphatic heterocycles. The van der Waals surface area contributed by atoms with Crippen molar-refractivity contribution in [2.24, 2.45) is 23.2 Å². The van der Waals surface area contributed by atoms with Gasteiger partial charge in [0.25, 0.3) is 0 Å². The third-order valence-corrected chi connectivity index (χ3v) is 8.71. The number of carboxylic acid groups (broad SMARTS) is 1. The quantitative estimate of drug-likeness (QED) is 0.307. The first-order valence-corrected chi connectivity index (χ1v) is 13.8. The van der Waals surface area contributed by atoms with Gasteiger partial charge in [-0.2, -0.15) is 0 Å². The van der Waals surface area contributed by atoms with Crippen LogP contribution in [-0.2, 0) is 19.1 Å². The molecular formula is C27H43BrN2O6. The Balaban J connectivity index is 2.17. The predicted molar refractivity (Wildman–Crippen MR) is 141 cm³/mol. The third kappa shape index (κ3) is 4.87. The number of hydrogen-bond acceptors (Lipinski definition) is 5. The summed E-state index contributed by atoms with van der Waals surface area (Å²) < 4.78 is 6.40. The van der Waals surface area contributed by atoms with Gasteiger partial charge in [-0.25, -0.2) is 0 Å². The molecule has 2 N–H and O–H groups in total. The van der Waals surface area contributed by atoms with Gasteiger partial charge in [0.2, 0.25) is 11.8 Å². The van der Waals surface area contributed by atoms with Crippen LogP contribution in [0.15, 0.2) is 12.7 Å². The lowest BCUT2D eigenvalue weighted by molar-refractivity contribution is -0.156. The first-order valence-electron chi connectivity index (χ1n) is 12.9. The molecule has 0 aromatic heterocycles. The third-order valence-electron chi connectivity index (χ3n) is 7.87. The van der Waals surface area contributed by atoms with Crippen molar-refractivity contribution in [3.05, 3.63) is 12.7 Å². The van der Waals surface area contributed by atoms with Crippen LogP contribution in [0.3, 0.4) is 0 Å². The van der Waals surface area contributed by atoms with E-state index in [0.29, 0.717) is 19.3 Å². The number of amides is 2. The van der Waals surface area contributed by atoms with Crippen LogP contribution in [0.5, 0.6) is 0 Å². The summed E-state index contributed by atoms with van der Waals surface area (Å²) in [7, 11) is 0. The normalized spacial score (nSPS) is 32.7. The molecule has 1 spiro atoms. The molecule has 2 amide bonds. The number of hydrogen-bond donors (Lipinski definition) is 2. The second-order valence-electron chi connectivity index (χ2n) is 13.0. The van der Waals surface area contributed by atoms with E-state index >= 15 is 0 Å². The summed E-state index contributed by atoms with van der Waals surface area (Å²) in [5, 5.41) is 20.5. The lowest BCUT2D eigenvalue weighted by Crippen LogP contribution is -2.62. The maximum atomic E-state index is 14.6. The monoisotopic (exact) mass is 570 g/mol. The van der Waals surface area contributed by atoms with E-state index < -0.39 is 53.0 Å². The highest BCUT2D eigenvalue weighted by molar-refractivity contribution is 9.09. The van der Waals surface area contributed by atoms with Crippen molar-refractivity contribution in [3.8, 4) is 0 Å². The molecule has 2 bridgehead atoms. The van der Waals surface area contributed by atoms with Crippen LogP contribution < -0.4 is 0 Å². The molecule has 3 aliphatic rings. The summed E-state index contributed by atoms with van der Waals surface area (Å²) in [4.78, 5) is 43.9. The molecule has 0 saturated carbocycles. The molecule has 0 aromatic rings.